The van der Waals surface area contributed by atoms with Crippen molar-refractivity contribution in [3.05, 3.63) is 47.5 Å². The number of benzene rings is 2. The monoisotopic (exact) mass is 408 g/mol. The molecule has 0 bridgehead atoms. The first-order chi connectivity index (χ1) is 12.9. The van der Waals surface area contributed by atoms with E-state index in [1.165, 1.54) is 28.6 Å². The van der Waals surface area contributed by atoms with Crippen LogP contribution in [-0.2, 0) is 14.8 Å². The summed E-state index contributed by atoms with van der Waals surface area (Å²) in [6, 6.07) is 10.2. The Morgan fingerprint density at radius 2 is 1.85 bits per heavy atom. The molecule has 9 heteroatoms. The predicted molar refractivity (Wildman–Crippen MR) is 99.6 cm³/mol. The average Bonchev–Trinajstić information content (AvgIpc) is 3.31. The molecule has 2 heterocycles. The molecule has 0 spiro atoms. The van der Waals surface area contributed by atoms with Crippen LogP contribution < -0.4 is 14.8 Å². The summed E-state index contributed by atoms with van der Waals surface area (Å²) in [6.45, 7) is 0.437. The van der Waals surface area contributed by atoms with Crippen LogP contribution in [-0.4, -0.2) is 38.0 Å². The first-order valence-corrected chi connectivity index (χ1v) is 10.2. The van der Waals surface area contributed by atoms with E-state index in [9.17, 15) is 13.2 Å². The highest BCUT2D eigenvalue weighted by molar-refractivity contribution is 7.89. The van der Waals surface area contributed by atoms with Gasteiger partial charge in [0.1, 0.15) is 6.04 Å². The number of hydrogen-bond acceptors (Lipinski definition) is 5. The van der Waals surface area contributed by atoms with Gasteiger partial charge in [0.2, 0.25) is 22.7 Å². The zero-order valence-corrected chi connectivity index (χ0v) is 15.8. The Hall–Kier alpha value is -2.29. The molecule has 0 aliphatic carbocycles. The standard InChI is InChI=1S/C18H17ClN2O5S/c19-12-3-6-14(7-4-12)27(23,24)21-9-1-2-15(21)18(22)20-13-5-8-16-17(10-13)26-11-25-16/h3-8,10,15H,1-2,9,11H2,(H,20,22)/t15-/m1/s1. The van der Waals surface area contributed by atoms with Crippen LogP contribution >= 0.6 is 11.6 Å². The Morgan fingerprint density at radius 3 is 2.63 bits per heavy atom. The molecule has 4 rings (SSSR count). The van der Waals surface area contributed by atoms with Gasteiger partial charge in [0, 0.05) is 23.3 Å². The number of halogens is 1. The van der Waals surface area contributed by atoms with Gasteiger partial charge in [0.05, 0.1) is 4.90 Å². The third-order valence-electron chi connectivity index (χ3n) is 4.57. The van der Waals surface area contributed by atoms with Crippen molar-refractivity contribution >= 4 is 33.2 Å². The van der Waals surface area contributed by atoms with Gasteiger partial charge in [-0.1, -0.05) is 11.6 Å². The van der Waals surface area contributed by atoms with E-state index >= 15 is 0 Å². The van der Waals surface area contributed by atoms with E-state index in [2.05, 4.69) is 5.32 Å². The molecule has 0 radical (unpaired) electrons. The Kier molecular flexibility index (Phi) is 4.71. The molecule has 1 saturated heterocycles. The minimum atomic E-state index is -3.78. The molecule has 1 fully saturated rings. The molecule has 2 aromatic rings. The highest BCUT2D eigenvalue weighted by Gasteiger charge is 2.39. The SMILES string of the molecule is O=C(Nc1ccc2c(c1)OCO2)[C@H]1CCCN1S(=O)(=O)c1ccc(Cl)cc1. The molecule has 142 valence electrons. The van der Waals surface area contributed by atoms with E-state index in [1.807, 2.05) is 0 Å². The number of sulfonamides is 1. The normalized spacial score (nSPS) is 19.2. The van der Waals surface area contributed by atoms with Gasteiger partial charge in [-0.15, -0.1) is 0 Å². The first-order valence-electron chi connectivity index (χ1n) is 8.43. The van der Waals surface area contributed by atoms with Gasteiger partial charge in [-0.05, 0) is 49.2 Å². The van der Waals surface area contributed by atoms with Gasteiger partial charge in [-0.25, -0.2) is 8.42 Å². The van der Waals surface area contributed by atoms with Gasteiger partial charge >= 0.3 is 0 Å². The number of amides is 1. The second-order valence-corrected chi connectivity index (χ2v) is 8.61. The zero-order valence-electron chi connectivity index (χ0n) is 14.2. The van der Waals surface area contributed by atoms with E-state index < -0.39 is 16.1 Å². The minimum Gasteiger partial charge on any atom is -0.454 e. The van der Waals surface area contributed by atoms with Crippen LogP contribution in [0.1, 0.15) is 12.8 Å². The Morgan fingerprint density at radius 1 is 1.11 bits per heavy atom. The van der Waals surface area contributed by atoms with E-state index in [0.29, 0.717) is 41.6 Å². The van der Waals surface area contributed by atoms with Crippen LogP contribution in [0, 0.1) is 0 Å². The second-order valence-electron chi connectivity index (χ2n) is 6.28. The summed E-state index contributed by atoms with van der Waals surface area (Å²) in [7, 11) is -3.78. The lowest BCUT2D eigenvalue weighted by molar-refractivity contribution is -0.119. The van der Waals surface area contributed by atoms with E-state index in [-0.39, 0.29) is 17.6 Å². The molecule has 1 N–H and O–H groups in total. The molecule has 1 atom stereocenters. The number of nitrogens with one attached hydrogen (secondary N) is 1. The van der Waals surface area contributed by atoms with Crippen LogP contribution in [0.15, 0.2) is 47.4 Å². The Bertz CT molecular complexity index is 978. The number of fused-ring (bicyclic) bond motifs is 1. The van der Waals surface area contributed by atoms with Crippen molar-refractivity contribution in [2.75, 3.05) is 18.7 Å². The summed E-state index contributed by atoms with van der Waals surface area (Å²) in [5, 5.41) is 3.23. The van der Waals surface area contributed by atoms with E-state index in [1.54, 1.807) is 18.2 Å². The van der Waals surface area contributed by atoms with E-state index in [0.717, 1.165) is 0 Å². The van der Waals surface area contributed by atoms with Gasteiger partial charge in [0.25, 0.3) is 0 Å². The highest BCUT2D eigenvalue weighted by Crippen LogP contribution is 2.35. The average molecular weight is 409 g/mol. The largest absolute Gasteiger partial charge is 0.454 e. The van der Waals surface area contributed by atoms with Crippen molar-refractivity contribution in [3.8, 4) is 11.5 Å². The van der Waals surface area contributed by atoms with Crippen LogP contribution in [0.3, 0.4) is 0 Å². The van der Waals surface area contributed by atoms with Crippen molar-refractivity contribution in [2.45, 2.75) is 23.8 Å². The van der Waals surface area contributed by atoms with Crippen LogP contribution in [0.25, 0.3) is 0 Å². The molecule has 27 heavy (non-hydrogen) atoms. The summed E-state index contributed by atoms with van der Waals surface area (Å²) >= 11 is 5.84. The minimum absolute atomic E-state index is 0.120. The predicted octanol–water partition coefficient (Wildman–Crippen LogP) is 2.86. The highest BCUT2D eigenvalue weighted by atomic mass is 35.5. The fourth-order valence-corrected chi connectivity index (χ4v) is 5.01. The molecular formula is C18H17ClN2O5S. The third kappa shape index (κ3) is 3.47. The molecule has 7 nitrogen and oxygen atoms in total. The summed E-state index contributed by atoms with van der Waals surface area (Å²) in [6.07, 6.45) is 1.08. The van der Waals surface area contributed by atoms with Gasteiger partial charge in [-0.2, -0.15) is 4.31 Å². The van der Waals surface area contributed by atoms with Crippen molar-refractivity contribution in [1.29, 1.82) is 0 Å². The van der Waals surface area contributed by atoms with Crippen molar-refractivity contribution in [2.24, 2.45) is 0 Å². The molecule has 0 aromatic heterocycles. The maximum Gasteiger partial charge on any atom is 0.243 e. The molecule has 1 amide bonds. The van der Waals surface area contributed by atoms with E-state index in [4.69, 9.17) is 21.1 Å². The van der Waals surface area contributed by atoms with Gasteiger partial charge < -0.3 is 14.8 Å². The van der Waals surface area contributed by atoms with Crippen molar-refractivity contribution < 1.29 is 22.7 Å². The molecule has 2 aliphatic heterocycles. The first kappa shape index (κ1) is 18.1. The fourth-order valence-electron chi connectivity index (χ4n) is 3.23. The smallest absolute Gasteiger partial charge is 0.243 e. The fraction of sp³-hybridized carbons (Fsp3) is 0.278. The van der Waals surface area contributed by atoms with Crippen molar-refractivity contribution in [1.82, 2.24) is 4.31 Å². The summed E-state index contributed by atoms with van der Waals surface area (Å²) in [5.41, 5.74) is 0.528. The summed E-state index contributed by atoms with van der Waals surface area (Å²) in [5.74, 6) is 0.787. The van der Waals surface area contributed by atoms with Gasteiger partial charge in [-0.3, -0.25) is 4.79 Å². The number of hydrogen-bond donors (Lipinski definition) is 1. The summed E-state index contributed by atoms with van der Waals surface area (Å²) in [4.78, 5) is 12.9. The number of carbonyl (C=O) groups is 1. The number of rotatable bonds is 4. The number of anilines is 1. The van der Waals surface area contributed by atoms with Crippen LogP contribution in [0.4, 0.5) is 5.69 Å². The molecule has 0 saturated carbocycles. The number of nitrogens with zero attached hydrogens (tertiary/aromatic N) is 1. The zero-order chi connectivity index (χ0) is 19.0. The Labute approximate surface area is 161 Å². The quantitative estimate of drug-likeness (QED) is 0.840. The third-order valence-corrected chi connectivity index (χ3v) is 6.74. The summed E-state index contributed by atoms with van der Waals surface area (Å²) < 4.78 is 37.7. The molecular weight excluding hydrogens is 392 g/mol. The molecule has 2 aliphatic rings. The van der Waals surface area contributed by atoms with Crippen LogP contribution in [0.2, 0.25) is 5.02 Å². The van der Waals surface area contributed by atoms with Crippen LogP contribution in [0.5, 0.6) is 11.5 Å². The van der Waals surface area contributed by atoms with Gasteiger partial charge in [0.15, 0.2) is 11.5 Å². The Balaban J connectivity index is 1.54. The molecule has 2 aromatic carbocycles. The lowest BCUT2D eigenvalue weighted by Gasteiger charge is -2.23. The maximum atomic E-state index is 12.9. The molecule has 0 unspecified atom stereocenters. The number of ether oxygens (including phenoxy) is 2. The maximum absolute atomic E-state index is 12.9. The number of carbonyl (C=O) groups excluding carboxylic acids is 1. The topological polar surface area (TPSA) is 84.9 Å². The lowest BCUT2D eigenvalue weighted by Crippen LogP contribution is -2.43. The second kappa shape index (κ2) is 7.03. The lowest BCUT2D eigenvalue weighted by atomic mass is 10.2. The van der Waals surface area contributed by atoms with Crippen molar-refractivity contribution in [3.63, 3.8) is 0 Å².